The van der Waals surface area contributed by atoms with Gasteiger partial charge in [0.1, 0.15) is 0 Å². The molecule has 9 rings (SSSR count). The van der Waals surface area contributed by atoms with Crippen molar-refractivity contribution in [3.05, 3.63) is 134 Å². The van der Waals surface area contributed by atoms with E-state index in [-0.39, 0.29) is 0 Å². The smallest absolute Gasteiger partial charge is 0.0628 e. The first-order chi connectivity index (χ1) is 18.9. The van der Waals surface area contributed by atoms with Crippen molar-refractivity contribution in [1.82, 2.24) is 9.13 Å². The molecule has 0 aliphatic heterocycles. The second kappa shape index (κ2) is 7.24. The molecule has 38 heavy (non-hydrogen) atoms. The molecule has 0 saturated heterocycles. The fourth-order valence-electron chi connectivity index (χ4n) is 6.66. The Kier molecular flexibility index (Phi) is 3.82. The number of hydrogen-bond donors (Lipinski definition) is 0. The van der Waals surface area contributed by atoms with Gasteiger partial charge in [-0.1, -0.05) is 91.0 Å². The first-order valence-electron chi connectivity index (χ1n) is 13.1. The van der Waals surface area contributed by atoms with Crippen LogP contribution in [0.2, 0.25) is 0 Å². The number of aromatic nitrogens is 2. The van der Waals surface area contributed by atoms with Gasteiger partial charge in [-0.3, -0.25) is 0 Å². The summed E-state index contributed by atoms with van der Waals surface area (Å²) >= 11 is 0. The molecule has 0 amide bonds. The summed E-state index contributed by atoms with van der Waals surface area (Å²) in [6.45, 7) is 0. The molecule has 0 unspecified atom stereocenters. The highest BCUT2D eigenvalue weighted by atomic mass is 15.0. The lowest BCUT2D eigenvalue weighted by molar-refractivity contribution is 1.13. The standard InChI is InChI=1S/C36H22N2/c1-2-9-27(10-3-1)37-22-21-26-17-20-32-35(36(26)37)28-11-4-5-12-30(28)38(32)31-19-16-25-14-13-23-7-6-8-24-15-18-29(31)34(25)33(23)24/h1-22H. The number of para-hydroxylation sites is 2. The van der Waals surface area contributed by atoms with Crippen LogP contribution in [0.5, 0.6) is 0 Å². The van der Waals surface area contributed by atoms with Crippen LogP contribution in [-0.2, 0) is 0 Å². The summed E-state index contributed by atoms with van der Waals surface area (Å²) in [6.07, 6.45) is 2.20. The average molecular weight is 483 g/mol. The third-order valence-electron chi connectivity index (χ3n) is 8.27. The zero-order chi connectivity index (χ0) is 24.8. The van der Waals surface area contributed by atoms with E-state index in [0.29, 0.717) is 0 Å². The molecule has 2 aromatic heterocycles. The molecule has 0 aliphatic rings. The predicted molar refractivity (Wildman–Crippen MR) is 161 cm³/mol. The molecular formula is C36H22N2. The second-order valence-corrected chi connectivity index (χ2v) is 10.2. The molecule has 2 nitrogen and oxygen atoms in total. The van der Waals surface area contributed by atoms with E-state index in [0.717, 1.165) is 0 Å². The van der Waals surface area contributed by atoms with Crippen molar-refractivity contribution < 1.29 is 0 Å². The van der Waals surface area contributed by atoms with Crippen LogP contribution in [0.15, 0.2) is 134 Å². The summed E-state index contributed by atoms with van der Waals surface area (Å²) in [4.78, 5) is 0. The second-order valence-electron chi connectivity index (χ2n) is 10.2. The quantitative estimate of drug-likeness (QED) is 0.217. The van der Waals surface area contributed by atoms with Crippen LogP contribution in [0.25, 0.3) is 76.4 Å². The third-order valence-corrected chi connectivity index (χ3v) is 8.27. The van der Waals surface area contributed by atoms with Gasteiger partial charge in [0.15, 0.2) is 0 Å². The molecule has 2 heteroatoms. The Morgan fingerprint density at radius 3 is 1.97 bits per heavy atom. The van der Waals surface area contributed by atoms with E-state index in [4.69, 9.17) is 0 Å². The van der Waals surface area contributed by atoms with Crippen LogP contribution >= 0.6 is 0 Å². The fourth-order valence-corrected chi connectivity index (χ4v) is 6.66. The number of rotatable bonds is 2. The number of benzene rings is 7. The minimum Gasteiger partial charge on any atom is -0.316 e. The van der Waals surface area contributed by atoms with Crippen LogP contribution in [-0.4, -0.2) is 9.13 Å². The van der Waals surface area contributed by atoms with E-state index in [9.17, 15) is 0 Å². The molecule has 7 aromatic carbocycles. The normalized spacial score (nSPS) is 12.2. The van der Waals surface area contributed by atoms with Crippen molar-refractivity contribution in [1.29, 1.82) is 0 Å². The van der Waals surface area contributed by atoms with E-state index in [1.165, 1.54) is 76.4 Å². The Balaban J connectivity index is 1.47. The van der Waals surface area contributed by atoms with Crippen LogP contribution in [0, 0.1) is 0 Å². The highest BCUT2D eigenvalue weighted by Crippen LogP contribution is 2.42. The minimum absolute atomic E-state index is 1.18. The van der Waals surface area contributed by atoms with Crippen LogP contribution < -0.4 is 0 Å². The number of hydrogen-bond acceptors (Lipinski definition) is 0. The maximum atomic E-state index is 2.47. The Bertz CT molecular complexity index is 2320. The van der Waals surface area contributed by atoms with Gasteiger partial charge in [0, 0.05) is 33.4 Å². The van der Waals surface area contributed by atoms with Crippen molar-refractivity contribution in [2.45, 2.75) is 0 Å². The highest BCUT2D eigenvalue weighted by Gasteiger charge is 2.19. The van der Waals surface area contributed by atoms with Gasteiger partial charge in [-0.25, -0.2) is 0 Å². The Morgan fingerprint density at radius 1 is 0.395 bits per heavy atom. The van der Waals surface area contributed by atoms with Gasteiger partial charge < -0.3 is 9.13 Å². The van der Waals surface area contributed by atoms with E-state index in [1.807, 2.05) is 0 Å². The van der Waals surface area contributed by atoms with Gasteiger partial charge in [0.2, 0.25) is 0 Å². The fraction of sp³-hybridized carbons (Fsp3) is 0. The van der Waals surface area contributed by atoms with E-state index >= 15 is 0 Å². The van der Waals surface area contributed by atoms with Gasteiger partial charge in [0.05, 0.1) is 22.2 Å². The van der Waals surface area contributed by atoms with Crippen molar-refractivity contribution in [2.75, 3.05) is 0 Å². The zero-order valence-corrected chi connectivity index (χ0v) is 20.6. The molecule has 0 spiro atoms. The first kappa shape index (κ1) is 20.0. The molecule has 0 radical (unpaired) electrons. The maximum absolute atomic E-state index is 2.47. The molecule has 176 valence electrons. The molecule has 0 fully saturated rings. The maximum Gasteiger partial charge on any atom is 0.0628 e. The Hall–Kier alpha value is -5.08. The summed E-state index contributed by atoms with van der Waals surface area (Å²) in [5, 5.41) is 11.7. The van der Waals surface area contributed by atoms with Crippen molar-refractivity contribution in [3.8, 4) is 11.4 Å². The van der Waals surface area contributed by atoms with Crippen molar-refractivity contribution in [3.63, 3.8) is 0 Å². The molecule has 9 aromatic rings. The lowest BCUT2D eigenvalue weighted by atomic mass is 9.93. The summed E-state index contributed by atoms with van der Waals surface area (Å²) in [5.41, 5.74) is 6.10. The van der Waals surface area contributed by atoms with E-state index < -0.39 is 0 Å². The van der Waals surface area contributed by atoms with Crippen LogP contribution in [0.4, 0.5) is 0 Å². The lowest BCUT2D eigenvalue weighted by Crippen LogP contribution is -1.97. The van der Waals surface area contributed by atoms with Gasteiger partial charge in [0.25, 0.3) is 0 Å². The topological polar surface area (TPSA) is 9.86 Å². The molecule has 0 N–H and O–H groups in total. The van der Waals surface area contributed by atoms with Gasteiger partial charge >= 0.3 is 0 Å². The Morgan fingerprint density at radius 2 is 1.11 bits per heavy atom. The van der Waals surface area contributed by atoms with Gasteiger partial charge in [-0.15, -0.1) is 0 Å². The third kappa shape index (κ3) is 2.51. The Labute approximate surface area is 218 Å². The summed E-state index contributed by atoms with van der Waals surface area (Å²) < 4.78 is 4.80. The first-order valence-corrected chi connectivity index (χ1v) is 13.1. The minimum atomic E-state index is 1.18. The summed E-state index contributed by atoms with van der Waals surface area (Å²) in [6, 6.07) is 46.6. The van der Waals surface area contributed by atoms with Crippen LogP contribution in [0.1, 0.15) is 0 Å². The van der Waals surface area contributed by atoms with E-state index in [1.54, 1.807) is 0 Å². The zero-order valence-electron chi connectivity index (χ0n) is 20.6. The van der Waals surface area contributed by atoms with E-state index in [2.05, 4.69) is 143 Å². The lowest BCUT2D eigenvalue weighted by Gasteiger charge is -2.16. The van der Waals surface area contributed by atoms with Gasteiger partial charge in [-0.2, -0.15) is 0 Å². The highest BCUT2D eigenvalue weighted by molar-refractivity contribution is 6.26. The summed E-state index contributed by atoms with van der Waals surface area (Å²) in [7, 11) is 0. The average Bonchev–Trinajstić information content (AvgIpc) is 3.56. The van der Waals surface area contributed by atoms with Gasteiger partial charge in [-0.05, 0) is 63.3 Å². The molecule has 2 heterocycles. The predicted octanol–water partition coefficient (Wildman–Crippen LogP) is 9.62. The molecule has 0 atom stereocenters. The van der Waals surface area contributed by atoms with Crippen molar-refractivity contribution in [2.24, 2.45) is 0 Å². The SMILES string of the molecule is c1ccc(-n2ccc3ccc4c(c5ccccc5n4-c4ccc5ccc6cccc7ccc4c5c67)c32)cc1. The monoisotopic (exact) mass is 482 g/mol. The molecule has 0 saturated carbocycles. The molecule has 0 aliphatic carbocycles. The molecular weight excluding hydrogens is 460 g/mol. The van der Waals surface area contributed by atoms with Crippen LogP contribution in [0.3, 0.4) is 0 Å². The largest absolute Gasteiger partial charge is 0.316 e. The number of fused-ring (bicyclic) bond motifs is 5. The summed E-state index contributed by atoms with van der Waals surface area (Å²) in [5.74, 6) is 0. The van der Waals surface area contributed by atoms with Crippen molar-refractivity contribution >= 4 is 65.0 Å². The number of nitrogens with zero attached hydrogens (tertiary/aromatic N) is 2. The molecule has 0 bridgehead atoms.